The van der Waals surface area contributed by atoms with Gasteiger partial charge in [0.2, 0.25) is 5.56 Å². The largest absolute Gasteiger partial charge is 0.444 e. The van der Waals surface area contributed by atoms with Gasteiger partial charge in [-0.25, -0.2) is 9.78 Å². The second-order valence-electron chi connectivity index (χ2n) is 12.1. The molecule has 1 amide bonds. The van der Waals surface area contributed by atoms with E-state index >= 15 is 0 Å². The second-order valence-corrected chi connectivity index (χ2v) is 17.7. The Morgan fingerprint density at radius 3 is 2.47 bits per heavy atom. The van der Waals surface area contributed by atoms with Crippen LogP contribution in [0.3, 0.4) is 0 Å². The van der Waals surface area contributed by atoms with Crippen LogP contribution in [0.15, 0.2) is 53.6 Å². The maximum Gasteiger partial charge on any atom is 0.410 e. The van der Waals surface area contributed by atoms with Gasteiger partial charge in [-0.15, -0.1) is 0 Å². The predicted octanol–water partition coefficient (Wildman–Crippen LogP) is 6.29. The molecule has 9 heteroatoms. The molecule has 1 aliphatic heterocycles. The summed E-state index contributed by atoms with van der Waals surface area (Å²) in [6, 6.07) is 12.5. The monoisotopic (exact) mass is 536 g/mol. The first-order chi connectivity index (χ1) is 17.9. The summed E-state index contributed by atoms with van der Waals surface area (Å²) in [5, 5.41) is 0. The van der Waals surface area contributed by atoms with E-state index in [1.807, 2.05) is 57.3 Å². The molecule has 1 aromatic carbocycles. The van der Waals surface area contributed by atoms with Crippen LogP contribution in [0.2, 0.25) is 25.7 Å². The first-order valence-electron chi connectivity index (χ1n) is 13.3. The number of carbonyl (C=O) groups excluding carboxylic acids is 1. The average Bonchev–Trinajstić information content (AvgIpc) is 3.47. The van der Waals surface area contributed by atoms with Gasteiger partial charge in [0.15, 0.2) is 0 Å². The standard InChI is InChI=1S/C29H40N4O4Si/c1-29(2,3)37-28(35)32-15-7-8-24(32)27-31-19-25(33(27)20-36-16-17-38(4,5)6)22-11-9-21(10-12-22)23-13-14-30-26(34)18-23/h9-14,18-19,24H,7-8,15-17,20H2,1-6H3,(H,30,34)/t24-/m1/s1. The summed E-state index contributed by atoms with van der Waals surface area (Å²) < 4.78 is 14.0. The number of aromatic amines is 1. The van der Waals surface area contributed by atoms with Gasteiger partial charge in [-0.2, -0.15) is 0 Å². The van der Waals surface area contributed by atoms with Crippen LogP contribution in [0.4, 0.5) is 4.79 Å². The number of H-pyrrole nitrogens is 1. The fraction of sp³-hybridized carbons (Fsp3) is 0.483. The fourth-order valence-electron chi connectivity index (χ4n) is 4.59. The first kappa shape index (κ1) is 27.9. The molecule has 0 spiro atoms. The minimum atomic E-state index is -1.23. The number of carbonyl (C=O) groups is 1. The van der Waals surface area contributed by atoms with Gasteiger partial charge >= 0.3 is 6.09 Å². The smallest absolute Gasteiger partial charge is 0.410 e. The zero-order valence-electron chi connectivity index (χ0n) is 23.4. The van der Waals surface area contributed by atoms with Crippen molar-refractivity contribution in [3.63, 3.8) is 0 Å². The number of imidazole rings is 1. The fourth-order valence-corrected chi connectivity index (χ4v) is 5.34. The van der Waals surface area contributed by atoms with E-state index in [0.717, 1.165) is 47.1 Å². The number of aromatic nitrogens is 3. The number of benzene rings is 1. The van der Waals surface area contributed by atoms with Gasteiger partial charge in [0, 0.05) is 33.5 Å². The molecule has 3 heterocycles. The zero-order chi connectivity index (χ0) is 27.5. The van der Waals surface area contributed by atoms with E-state index in [0.29, 0.717) is 19.9 Å². The van der Waals surface area contributed by atoms with E-state index in [9.17, 15) is 9.59 Å². The summed E-state index contributed by atoms with van der Waals surface area (Å²) >= 11 is 0. The Hall–Kier alpha value is -3.17. The maximum atomic E-state index is 13.0. The van der Waals surface area contributed by atoms with Gasteiger partial charge in [0.05, 0.1) is 17.9 Å². The number of likely N-dealkylation sites (tertiary alicyclic amines) is 1. The zero-order valence-corrected chi connectivity index (χ0v) is 24.4. The van der Waals surface area contributed by atoms with Crippen LogP contribution in [-0.4, -0.2) is 52.4 Å². The lowest BCUT2D eigenvalue weighted by Gasteiger charge is -2.29. The Kier molecular flexibility index (Phi) is 8.27. The molecule has 1 atom stereocenters. The normalized spacial score (nSPS) is 16.2. The van der Waals surface area contributed by atoms with Crippen LogP contribution in [0.25, 0.3) is 22.4 Å². The van der Waals surface area contributed by atoms with E-state index in [4.69, 9.17) is 14.5 Å². The van der Waals surface area contributed by atoms with Crippen molar-refractivity contribution >= 4 is 14.2 Å². The Bertz CT molecular complexity index is 1300. The summed E-state index contributed by atoms with van der Waals surface area (Å²) in [6.45, 7) is 14.4. The van der Waals surface area contributed by atoms with Gasteiger partial charge in [0.25, 0.3) is 0 Å². The van der Waals surface area contributed by atoms with Gasteiger partial charge < -0.3 is 19.0 Å². The van der Waals surface area contributed by atoms with E-state index in [-0.39, 0.29) is 17.7 Å². The number of nitrogens with zero attached hydrogens (tertiary/aromatic N) is 3. The quantitative estimate of drug-likeness (QED) is 0.270. The number of nitrogens with one attached hydrogen (secondary N) is 1. The summed E-state index contributed by atoms with van der Waals surface area (Å²) in [7, 11) is -1.23. The van der Waals surface area contributed by atoms with Crippen molar-refractivity contribution in [2.75, 3.05) is 13.2 Å². The van der Waals surface area contributed by atoms with Gasteiger partial charge in [-0.05, 0) is 62.4 Å². The molecule has 4 rings (SSSR count). The highest BCUT2D eigenvalue weighted by atomic mass is 28.3. The number of hydrogen-bond acceptors (Lipinski definition) is 5. The van der Waals surface area contributed by atoms with E-state index < -0.39 is 13.7 Å². The van der Waals surface area contributed by atoms with Crippen LogP contribution in [0.5, 0.6) is 0 Å². The van der Waals surface area contributed by atoms with E-state index in [1.54, 1.807) is 17.2 Å². The summed E-state index contributed by atoms with van der Waals surface area (Å²) in [5.74, 6) is 0.815. The molecule has 0 aliphatic carbocycles. The van der Waals surface area contributed by atoms with Crippen LogP contribution in [0.1, 0.15) is 45.5 Å². The van der Waals surface area contributed by atoms with Crippen molar-refractivity contribution in [2.24, 2.45) is 0 Å². The van der Waals surface area contributed by atoms with Gasteiger partial charge in [0.1, 0.15) is 18.2 Å². The lowest BCUT2D eigenvalue weighted by molar-refractivity contribution is 0.0204. The molecule has 1 aliphatic rings. The molecule has 0 saturated carbocycles. The number of amides is 1. The lowest BCUT2D eigenvalue weighted by atomic mass is 10.0. The first-order valence-corrected chi connectivity index (χ1v) is 17.0. The molecule has 0 radical (unpaired) electrons. The van der Waals surface area contributed by atoms with Crippen molar-refractivity contribution < 1.29 is 14.3 Å². The van der Waals surface area contributed by atoms with E-state index in [2.05, 4.69) is 29.2 Å². The van der Waals surface area contributed by atoms with Crippen molar-refractivity contribution in [1.82, 2.24) is 19.4 Å². The van der Waals surface area contributed by atoms with Gasteiger partial charge in [-0.1, -0.05) is 43.9 Å². The molecular weight excluding hydrogens is 496 g/mol. The highest BCUT2D eigenvalue weighted by Gasteiger charge is 2.36. The third kappa shape index (κ3) is 7.02. The number of ether oxygens (including phenoxy) is 2. The molecule has 8 nitrogen and oxygen atoms in total. The third-order valence-corrected chi connectivity index (χ3v) is 8.28. The molecule has 0 unspecified atom stereocenters. The lowest BCUT2D eigenvalue weighted by Crippen LogP contribution is -2.37. The van der Waals surface area contributed by atoms with Crippen molar-refractivity contribution in [3.05, 3.63) is 65.0 Å². The molecule has 38 heavy (non-hydrogen) atoms. The van der Waals surface area contributed by atoms with Crippen LogP contribution >= 0.6 is 0 Å². The predicted molar refractivity (Wildman–Crippen MR) is 153 cm³/mol. The highest BCUT2D eigenvalue weighted by molar-refractivity contribution is 6.76. The SMILES string of the molecule is CC(C)(C)OC(=O)N1CCC[C@@H]1c1ncc(-c2ccc(-c3cc[nH]c(=O)c3)cc2)n1COCC[Si](C)(C)C. The molecule has 3 aromatic rings. The van der Waals surface area contributed by atoms with Crippen LogP contribution in [0, 0.1) is 0 Å². The summed E-state index contributed by atoms with van der Waals surface area (Å²) in [4.78, 5) is 34.0. The molecule has 1 saturated heterocycles. The molecular formula is C29H40N4O4Si. The highest BCUT2D eigenvalue weighted by Crippen LogP contribution is 2.35. The summed E-state index contributed by atoms with van der Waals surface area (Å²) in [5.41, 5.74) is 3.06. The van der Waals surface area contributed by atoms with Crippen molar-refractivity contribution in [1.29, 1.82) is 0 Å². The van der Waals surface area contributed by atoms with Crippen molar-refractivity contribution in [2.45, 2.75) is 77.7 Å². The Labute approximate surface area is 226 Å². The molecule has 204 valence electrons. The van der Waals surface area contributed by atoms with E-state index in [1.165, 1.54) is 0 Å². The number of rotatable bonds is 8. The second kappa shape index (κ2) is 11.3. The number of hydrogen-bond donors (Lipinski definition) is 1. The average molecular weight is 537 g/mol. The maximum absolute atomic E-state index is 13.0. The Morgan fingerprint density at radius 1 is 1.11 bits per heavy atom. The Balaban J connectivity index is 1.64. The molecule has 1 fully saturated rings. The minimum Gasteiger partial charge on any atom is -0.444 e. The third-order valence-electron chi connectivity index (χ3n) is 6.57. The van der Waals surface area contributed by atoms with Crippen LogP contribution < -0.4 is 5.56 Å². The minimum absolute atomic E-state index is 0.129. The van der Waals surface area contributed by atoms with Crippen LogP contribution in [-0.2, 0) is 16.2 Å². The summed E-state index contributed by atoms with van der Waals surface area (Å²) in [6.07, 6.45) is 4.94. The Morgan fingerprint density at radius 2 is 1.82 bits per heavy atom. The molecule has 2 aromatic heterocycles. The van der Waals surface area contributed by atoms with Crippen molar-refractivity contribution in [3.8, 4) is 22.4 Å². The topological polar surface area (TPSA) is 89.5 Å². The molecule has 0 bridgehead atoms. The molecule has 1 N–H and O–H groups in total. The number of pyridine rings is 1. The van der Waals surface area contributed by atoms with Gasteiger partial charge in [-0.3, -0.25) is 9.69 Å².